The lowest BCUT2D eigenvalue weighted by Crippen LogP contribution is -2.37. The first-order valence-electron chi connectivity index (χ1n) is 4.77. The number of nitrogens with zero attached hydrogens (tertiary/aromatic N) is 1. The summed E-state index contributed by atoms with van der Waals surface area (Å²) < 4.78 is 0. The SMILES string of the molecule is CN1CCC(O)(C#C[Si](C)(C)C)C1=O. The number of carbonyl (C=O) groups is 1. The molecule has 0 aromatic rings. The van der Waals surface area contributed by atoms with Gasteiger partial charge in [-0.25, -0.2) is 0 Å². The van der Waals surface area contributed by atoms with Gasteiger partial charge in [0.15, 0.2) is 0 Å². The van der Waals surface area contributed by atoms with Gasteiger partial charge in [-0.2, -0.15) is 0 Å². The Kier molecular flexibility index (Phi) is 2.75. The minimum atomic E-state index is -1.52. The summed E-state index contributed by atoms with van der Waals surface area (Å²) >= 11 is 0. The summed E-state index contributed by atoms with van der Waals surface area (Å²) in [5.41, 5.74) is 1.64. The van der Waals surface area contributed by atoms with Crippen molar-refractivity contribution in [2.24, 2.45) is 0 Å². The minimum Gasteiger partial charge on any atom is -0.369 e. The van der Waals surface area contributed by atoms with E-state index in [1.165, 1.54) is 4.90 Å². The molecule has 0 radical (unpaired) electrons. The number of likely N-dealkylation sites (N-methyl/N-ethyl adjacent to an activating group) is 1. The van der Waals surface area contributed by atoms with E-state index >= 15 is 0 Å². The van der Waals surface area contributed by atoms with Gasteiger partial charge in [-0.15, -0.1) is 5.54 Å². The highest BCUT2D eigenvalue weighted by Gasteiger charge is 2.42. The molecule has 0 aliphatic carbocycles. The van der Waals surface area contributed by atoms with E-state index in [1.54, 1.807) is 7.05 Å². The van der Waals surface area contributed by atoms with Crippen molar-refractivity contribution in [1.82, 2.24) is 4.90 Å². The van der Waals surface area contributed by atoms with Gasteiger partial charge in [0.2, 0.25) is 5.60 Å². The Morgan fingerprint density at radius 3 is 2.43 bits per heavy atom. The van der Waals surface area contributed by atoms with Gasteiger partial charge in [-0.1, -0.05) is 25.6 Å². The average molecular weight is 211 g/mol. The van der Waals surface area contributed by atoms with Gasteiger partial charge in [-0.3, -0.25) is 4.79 Å². The van der Waals surface area contributed by atoms with Crippen LogP contribution in [0.3, 0.4) is 0 Å². The summed E-state index contributed by atoms with van der Waals surface area (Å²) in [7, 11) is 0.176. The quantitative estimate of drug-likeness (QED) is 0.467. The maximum Gasteiger partial charge on any atom is 0.267 e. The fourth-order valence-corrected chi connectivity index (χ4v) is 1.84. The number of aliphatic hydroxyl groups is 1. The van der Waals surface area contributed by atoms with Gasteiger partial charge >= 0.3 is 0 Å². The van der Waals surface area contributed by atoms with Crippen molar-refractivity contribution in [3.8, 4) is 11.5 Å². The van der Waals surface area contributed by atoms with Crippen molar-refractivity contribution < 1.29 is 9.90 Å². The zero-order valence-electron chi connectivity index (χ0n) is 9.22. The fraction of sp³-hybridized carbons (Fsp3) is 0.700. The van der Waals surface area contributed by atoms with E-state index < -0.39 is 13.7 Å². The van der Waals surface area contributed by atoms with E-state index in [4.69, 9.17) is 0 Å². The molecule has 1 atom stereocenters. The Labute approximate surface area is 86.1 Å². The second kappa shape index (κ2) is 3.41. The van der Waals surface area contributed by atoms with Crippen molar-refractivity contribution >= 4 is 14.0 Å². The second-order valence-corrected chi connectivity index (χ2v) is 9.59. The Morgan fingerprint density at radius 2 is 2.07 bits per heavy atom. The lowest BCUT2D eigenvalue weighted by atomic mass is 10.0. The fourth-order valence-electron chi connectivity index (χ4n) is 1.26. The van der Waals surface area contributed by atoms with Crippen LogP contribution in [0.5, 0.6) is 0 Å². The first-order valence-corrected chi connectivity index (χ1v) is 8.27. The number of carbonyl (C=O) groups excluding carboxylic acids is 1. The predicted molar refractivity (Wildman–Crippen MR) is 58.3 cm³/mol. The van der Waals surface area contributed by atoms with Crippen molar-refractivity contribution in [3.63, 3.8) is 0 Å². The van der Waals surface area contributed by atoms with Crippen LogP contribution in [-0.4, -0.2) is 43.2 Å². The summed E-state index contributed by atoms with van der Waals surface area (Å²) in [5, 5.41) is 9.95. The van der Waals surface area contributed by atoms with E-state index in [2.05, 4.69) is 31.1 Å². The Morgan fingerprint density at radius 1 is 1.50 bits per heavy atom. The maximum absolute atomic E-state index is 11.5. The normalized spacial score (nSPS) is 27.5. The average Bonchev–Trinajstić information content (AvgIpc) is 2.30. The molecule has 1 fully saturated rings. The minimum absolute atomic E-state index is 0.261. The van der Waals surface area contributed by atoms with Gasteiger partial charge < -0.3 is 10.0 Å². The highest BCUT2D eigenvalue weighted by Crippen LogP contribution is 2.20. The largest absolute Gasteiger partial charge is 0.369 e. The number of hydrogen-bond donors (Lipinski definition) is 1. The molecule has 0 aromatic carbocycles. The molecule has 1 amide bonds. The van der Waals surface area contributed by atoms with Gasteiger partial charge in [0.1, 0.15) is 8.07 Å². The Hall–Kier alpha value is -0.793. The van der Waals surface area contributed by atoms with E-state index in [9.17, 15) is 9.90 Å². The third-order valence-electron chi connectivity index (χ3n) is 2.15. The van der Waals surface area contributed by atoms with Crippen LogP contribution in [0, 0.1) is 11.5 Å². The Bertz CT molecular complexity index is 310. The first kappa shape index (κ1) is 11.3. The van der Waals surface area contributed by atoms with Crippen LogP contribution in [0.4, 0.5) is 0 Å². The van der Waals surface area contributed by atoms with Gasteiger partial charge in [-0.05, 0) is 0 Å². The maximum atomic E-state index is 11.5. The Balaban J connectivity index is 2.87. The number of likely N-dealkylation sites (tertiary alicyclic amines) is 1. The zero-order valence-corrected chi connectivity index (χ0v) is 10.2. The van der Waals surface area contributed by atoms with Gasteiger partial charge in [0.25, 0.3) is 5.91 Å². The van der Waals surface area contributed by atoms with Crippen molar-refractivity contribution in [1.29, 1.82) is 0 Å². The zero-order chi connectivity index (χ0) is 11.0. The molecule has 0 aromatic heterocycles. The summed E-state index contributed by atoms with van der Waals surface area (Å²) in [4.78, 5) is 13.1. The molecule has 0 spiro atoms. The molecule has 1 rings (SSSR count). The van der Waals surface area contributed by atoms with Crippen LogP contribution in [0.25, 0.3) is 0 Å². The molecule has 1 unspecified atom stereocenters. The van der Waals surface area contributed by atoms with E-state index in [-0.39, 0.29) is 5.91 Å². The lowest BCUT2D eigenvalue weighted by Gasteiger charge is -2.14. The summed E-state index contributed by atoms with van der Waals surface area (Å²) in [5.74, 6) is 2.49. The lowest BCUT2D eigenvalue weighted by molar-refractivity contribution is -0.137. The molecular weight excluding hydrogens is 194 g/mol. The molecular formula is C10H17NO2Si. The van der Waals surface area contributed by atoms with Crippen LogP contribution >= 0.6 is 0 Å². The first-order chi connectivity index (χ1) is 6.25. The van der Waals surface area contributed by atoms with Crippen LogP contribution in [0.15, 0.2) is 0 Å². The van der Waals surface area contributed by atoms with E-state index in [0.717, 1.165) is 0 Å². The number of rotatable bonds is 0. The third kappa shape index (κ3) is 2.37. The van der Waals surface area contributed by atoms with Crippen molar-refractivity contribution in [2.75, 3.05) is 13.6 Å². The molecule has 1 N–H and O–H groups in total. The summed E-state index contributed by atoms with van der Waals surface area (Å²) in [6, 6.07) is 0. The van der Waals surface area contributed by atoms with Crippen LogP contribution in [-0.2, 0) is 4.79 Å². The third-order valence-corrected chi connectivity index (χ3v) is 3.03. The highest BCUT2D eigenvalue weighted by molar-refractivity contribution is 6.83. The monoisotopic (exact) mass is 211 g/mol. The standard InChI is InChI=1S/C10H17NO2Si/c1-11-7-5-10(13,9(11)12)6-8-14(2,3)4/h13H,5,7H2,1-4H3. The molecule has 0 saturated carbocycles. The molecule has 78 valence electrons. The molecule has 1 heterocycles. The molecule has 1 saturated heterocycles. The van der Waals surface area contributed by atoms with Crippen LogP contribution in [0.2, 0.25) is 19.6 Å². The molecule has 14 heavy (non-hydrogen) atoms. The second-order valence-electron chi connectivity index (χ2n) is 4.84. The topological polar surface area (TPSA) is 40.5 Å². The highest BCUT2D eigenvalue weighted by atomic mass is 28.3. The van der Waals surface area contributed by atoms with Crippen molar-refractivity contribution in [3.05, 3.63) is 0 Å². The van der Waals surface area contributed by atoms with E-state index in [1.807, 2.05) is 0 Å². The molecule has 0 bridgehead atoms. The van der Waals surface area contributed by atoms with Crippen molar-refractivity contribution in [2.45, 2.75) is 31.7 Å². The molecule has 3 nitrogen and oxygen atoms in total. The van der Waals surface area contributed by atoms with Crippen LogP contribution in [0.1, 0.15) is 6.42 Å². The summed E-state index contributed by atoms with van der Waals surface area (Å²) in [6.07, 6.45) is 0.430. The predicted octanol–water partition coefficient (Wildman–Crippen LogP) is 0.460. The van der Waals surface area contributed by atoms with Gasteiger partial charge in [0.05, 0.1) is 0 Å². The van der Waals surface area contributed by atoms with E-state index in [0.29, 0.717) is 13.0 Å². The molecule has 1 aliphatic rings. The smallest absolute Gasteiger partial charge is 0.267 e. The summed E-state index contributed by atoms with van der Waals surface area (Å²) in [6.45, 7) is 6.86. The number of amides is 1. The van der Waals surface area contributed by atoms with Crippen LogP contribution < -0.4 is 0 Å². The van der Waals surface area contributed by atoms with Gasteiger partial charge in [0, 0.05) is 20.0 Å². The number of hydrogen-bond acceptors (Lipinski definition) is 2. The molecule has 4 heteroatoms. The molecule has 1 aliphatic heterocycles.